The normalized spacial score (nSPS) is 14.5. The van der Waals surface area contributed by atoms with E-state index in [0.717, 1.165) is 5.56 Å². The van der Waals surface area contributed by atoms with E-state index in [0.29, 0.717) is 26.3 Å². The third kappa shape index (κ3) is 5.62. The van der Waals surface area contributed by atoms with Crippen LogP contribution in [0.2, 0.25) is 0 Å². The lowest BCUT2D eigenvalue weighted by Crippen LogP contribution is -2.44. The summed E-state index contributed by atoms with van der Waals surface area (Å²) in [5.74, 6) is -0.836. The van der Waals surface area contributed by atoms with Gasteiger partial charge in [0.15, 0.2) is 0 Å². The van der Waals surface area contributed by atoms with Crippen LogP contribution in [-0.2, 0) is 9.53 Å². The Hall–Kier alpha value is -3.78. The lowest BCUT2D eigenvalue weighted by Gasteiger charge is -2.27. The maximum atomic E-state index is 12.9. The maximum Gasteiger partial charge on any atom is 0.270 e. The van der Waals surface area contributed by atoms with Crippen LogP contribution in [0, 0.1) is 10.1 Å². The molecule has 3 rings (SSSR count). The summed E-state index contributed by atoms with van der Waals surface area (Å²) < 4.78 is 5.28. The van der Waals surface area contributed by atoms with E-state index in [1.165, 1.54) is 24.3 Å². The summed E-state index contributed by atoms with van der Waals surface area (Å²) in [5, 5.41) is 13.4. The molecule has 1 aliphatic rings. The lowest BCUT2D eigenvalue weighted by molar-refractivity contribution is -0.384. The van der Waals surface area contributed by atoms with E-state index >= 15 is 0 Å². The Kier molecular flexibility index (Phi) is 7.07. The number of non-ortho nitro benzene ring substituents is 1. The molecule has 1 aliphatic heterocycles. The number of nitrogens with one attached hydrogen (secondary N) is 1. The minimum Gasteiger partial charge on any atom is -0.378 e. The van der Waals surface area contributed by atoms with Crippen molar-refractivity contribution in [3.63, 3.8) is 0 Å². The smallest absolute Gasteiger partial charge is 0.270 e. The molecule has 1 heterocycles. The molecule has 0 bridgehead atoms. The highest BCUT2D eigenvalue weighted by atomic mass is 16.6. The van der Waals surface area contributed by atoms with Gasteiger partial charge >= 0.3 is 0 Å². The van der Waals surface area contributed by atoms with Gasteiger partial charge in [-0.1, -0.05) is 42.5 Å². The Morgan fingerprint density at radius 2 is 1.70 bits per heavy atom. The first kappa shape index (κ1) is 20.9. The summed E-state index contributed by atoms with van der Waals surface area (Å²) in [6, 6.07) is 14.7. The maximum absolute atomic E-state index is 12.9. The first-order chi connectivity index (χ1) is 14.5. The summed E-state index contributed by atoms with van der Waals surface area (Å²) in [4.78, 5) is 37.4. The van der Waals surface area contributed by atoms with Crippen molar-refractivity contribution in [2.75, 3.05) is 26.3 Å². The molecule has 0 saturated carbocycles. The van der Waals surface area contributed by atoms with E-state index in [9.17, 15) is 19.7 Å². The van der Waals surface area contributed by atoms with Crippen molar-refractivity contribution in [3.8, 4) is 0 Å². The van der Waals surface area contributed by atoms with Gasteiger partial charge < -0.3 is 15.0 Å². The molecule has 0 atom stereocenters. The van der Waals surface area contributed by atoms with Gasteiger partial charge in [0, 0.05) is 30.8 Å². The predicted octanol–water partition coefficient (Wildman–Crippen LogP) is 2.78. The van der Waals surface area contributed by atoms with Gasteiger partial charge in [-0.05, 0) is 23.8 Å². The van der Waals surface area contributed by atoms with Gasteiger partial charge in [-0.2, -0.15) is 0 Å². The number of morpholine rings is 1. The van der Waals surface area contributed by atoms with Crippen LogP contribution in [0.3, 0.4) is 0 Å². The number of carbonyl (C=O) groups excluding carboxylic acids is 2. The second-order valence-corrected chi connectivity index (χ2v) is 6.51. The van der Waals surface area contributed by atoms with Crippen LogP contribution in [-0.4, -0.2) is 47.9 Å². The molecule has 8 heteroatoms. The number of carbonyl (C=O) groups is 2. The molecule has 1 saturated heterocycles. The van der Waals surface area contributed by atoms with E-state index in [1.54, 1.807) is 17.1 Å². The molecule has 30 heavy (non-hydrogen) atoms. The number of hydrogen-bond acceptors (Lipinski definition) is 5. The first-order valence-electron chi connectivity index (χ1n) is 9.41. The number of hydrogen-bond donors (Lipinski definition) is 1. The van der Waals surface area contributed by atoms with Gasteiger partial charge in [0.1, 0.15) is 5.70 Å². The van der Waals surface area contributed by atoms with Crippen molar-refractivity contribution in [2.24, 2.45) is 0 Å². The van der Waals surface area contributed by atoms with Crippen molar-refractivity contribution in [2.45, 2.75) is 0 Å². The predicted molar refractivity (Wildman–Crippen MR) is 112 cm³/mol. The average molecular weight is 407 g/mol. The molecule has 154 valence electrons. The number of benzene rings is 2. The zero-order valence-corrected chi connectivity index (χ0v) is 16.2. The molecule has 1 N–H and O–H groups in total. The topological polar surface area (TPSA) is 102 Å². The molecule has 0 aliphatic carbocycles. The molecule has 8 nitrogen and oxygen atoms in total. The standard InChI is InChI=1S/C22H21N3O5/c26-21(18-9-11-19(12-10-18)25(28)29)23-20(22(27)24-13-15-30-16-14-24)8-4-7-17-5-2-1-3-6-17/h1-12H,13-16H2,(H,23,26)/b7-4+,20-8+. The fraction of sp³-hybridized carbons (Fsp3) is 0.182. The molecule has 2 aromatic rings. The van der Waals surface area contributed by atoms with Crippen molar-refractivity contribution in [3.05, 3.63) is 93.7 Å². The highest BCUT2D eigenvalue weighted by molar-refractivity contribution is 6.03. The molecule has 0 spiro atoms. The van der Waals surface area contributed by atoms with Crippen LogP contribution in [0.5, 0.6) is 0 Å². The van der Waals surface area contributed by atoms with Crippen LogP contribution in [0.1, 0.15) is 15.9 Å². The summed E-state index contributed by atoms with van der Waals surface area (Å²) in [6.45, 7) is 1.75. The van der Waals surface area contributed by atoms with Gasteiger partial charge in [0.05, 0.1) is 18.1 Å². The number of nitrogens with zero attached hydrogens (tertiary/aromatic N) is 2. The quantitative estimate of drug-likeness (QED) is 0.343. The van der Waals surface area contributed by atoms with Gasteiger partial charge in [0.2, 0.25) is 0 Å². The highest BCUT2D eigenvalue weighted by Crippen LogP contribution is 2.13. The second kappa shape index (κ2) is 10.1. The van der Waals surface area contributed by atoms with Crippen molar-refractivity contribution >= 4 is 23.6 Å². The summed E-state index contributed by atoms with van der Waals surface area (Å²) in [5.41, 5.74) is 1.17. The van der Waals surface area contributed by atoms with Crippen molar-refractivity contribution < 1.29 is 19.2 Å². The molecule has 0 unspecified atom stereocenters. The number of nitro groups is 1. The van der Waals surface area contributed by atoms with Gasteiger partial charge in [-0.25, -0.2) is 0 Å². The second-order valence-electron chi connectivity index (χ2n) is 6.51. The molecular weight excluding hydrogens is 386 g/mol. The third-order valence-electron chi connectivity index (χ3n) is 4.47. The number of allylic oxidation sites excluding steroid dienone is 2. The molecule has 0 aromatic heterocycles. The van der Waals surface area contributed by atoms with Crippen LogP contribution in [0.25, 0.3) is 6.08 Å². The monoisotopic (exact) mass is 407 g/mol. The Morgan fingerprint density at radius 1 is 1.03 bits per heavy atom. The van der Waals surface area contributed by atoms with Crippen LogP contribution < -0.4 is 5.32 Å². The van der Waals surface area contributed by atoms with Crippen molar-refractivity contribution in [1.82, 2.24) is 10.2 Å². The lowest BCUT2D eigenvalue weighted by atomic mass is 10.1. The number of amides is 2. The Labute approximate surface area is 173 Å². The minimum atomic E-state index is -0.538. The Balaban J connectivity index is 1.79. The van der Waals surface area contributed by atoms with Gasteiger partial charge in [0.25, 0.3) is 17.5 Å². The van der Waals surface area contributed by atoms with Gasteiger partial charge in [-0.15, -0.1) is 0 Å². The first-order valence-corrected chi connectivity index (χ1v) is 9.41. The zero-order valence-electron chi connectivity index (χ0n) is 16.2. The summed E-state index contributed by atoms with van der Waals surface area (Å²) >= 11 is 0. The highest BCUT2D eigenvalue weighted by Gasteiger charge is 2.22. The fourth-order valence-electron chi connectivity index (χ4n) is 2.85. The third-order valence-corrected chi connectivity index (χ3v) is 4.47. The largest absolute Gasteiger partial charge is 0.378 e. The van der Waals surface area contributed by atoms with E-state index in [2.05, 4.69) is 5.32 Å². The van der Waals surface area contributed by atoms with E-state index in [-0.39, 0.29) is 22.9 Å². The summed E-state index contributed by atoms with van der Waals surface area (Å²) in [6.07, 6.45) is 5.07. The van der Waals surface area contributed by atoms with Crippen LogP contribution in [0.4, 0.5) is 5.69 Å². The van der Waals surface area contributed by atoms with Gasteiger partial charge in [-0.3, -0.25) is 19.7 Å². The SMILES string of the molecule is O=C(N/C(=C/C=C/c1ccccc1)C(=O)N1CCOCC1)c1ccc([N+](=O)[O-])cc1. The molecule has 2 aromatic carbocycles. The van der Waals surface area contributed by atoms with Crippen LogP contribution in [0.15, 0.2) is 72.4 Å². The fourth-order valence-corrected chi connectivity index (χ4v) is 2.85. The van der Waals surface area contributed by atoms with Crippen molar-refractivity contribution in [1.29, 1.82) is 0 Å². The Bertz CT molecular complexity index is 962. The Morgan fingerprint density at radius 3 is 2.33 bits per heavy atom. The zero-order chi connectivity index (χ0) is 21.3. The van der Waals surface area contributed by atoms with E-state index in [4.69, 9.17) is 4.74 Å². The molecule has 0 radical (unpaired) electrons. The molecule has 1 fully saturated rings. The summed E-state index contributed by atoms with van der Waals surface area (Å²) in [7, 11) is 0. The number of rotatable bonds is 6. The van der Waals surface area contributed by atoms with Crippen LogP contribution >= 0.6 is 0 Å². The average Bonchev–Trinajstić information content (AvgIpc) is 2.79. The molecular formula is C22H21N3O5. The molecule has 2 amide bonds. The number of nitro benzene ring substituents is 1. The van der Waals surface area contributed by atoms with E-state index in [1.807, 2.05) is 36.4 Å². The van der Waals surface area contributed by atoms with E-state index < -0.39 is 10.8 Å². The number of ether oxygens (including phenoxy) is 1. The minimum absolute atomic E-state index is 0.113.